The zero-order valence-corrected chi connectivity index (χ0v) is 12.2. The number of hydrogen-bond donors (Lipinski definition) is 0. The molecule has 2 aromatic heterocycles. The molecule has 0 spiro atoms. The highest BCUT2D eigenvalue weighted by Crippen LogP contribution is 2.14. The van der Waals surface area contributed by atoms with Crippen molar-refractivity contribution in [2.24, 2.45) is 0 Å². The molecule has 0 aliphatic rings. The van der Waals surface area contributed by atoms with Crippen molar-refractivity contribution >= 4 is 27.0 Å². The smallest absolute Gasteiger partial charge is 0.263 e. The maximum absolute atomic E-state index is 12.4. The molecule has 0 bridgehead atoms. The van der Waals surface area contributed by atoms with Gasteiger partial charge in [-0.25, -0.2) is 9.97 Å². The van der Waals surface area contributed by atoms with Crippen LogP contribution in [0.2, 0.25) is 0 Å². The summed E-state index contributed by atoms with van der Waals surface area (Å²) in [4.78, 5) is 21.1. The first-order valence-corrected chi connectivity index (χ1v) is 7.01. The van der Waals surface area contributed by atoms with Gasteiger partial charge in [0, 0.05) is 23.6 Å². The molecule has 2 rings (SSSR count). The summed E-state index contributed by atoms with van der Waals surface area (Å²) < 4.78 is 2.55. The van der Waals surface area contributed by atoms with Gasteiger partial charge < -0.3 is 0 Å². The minimum absolute atomic E-state index is 0.00223. The number of halogens is 1. The lowest BCUT2D eigenvalue weighted by atomic mass is 10.2. The van der Waals surface area contributed by atoms with Crippen molar-refractivity contribution in [1.82, 2.24) is 14.5 Å². The number of pyridine rings is 1. The molecule has 0 aliphatic carbocycles. The number of fused-ring (bicyclic) bond motifs is 1. The lowest BCUT2D eigenvalue weighted by Gasteiger charge is -2.10. The summed E-state index contributed by atoms with van der Waals surface area (Å²) in [7, 11) is 0. The van der Waals surface area contributed by atoms with Crippen LogP contribution in [0, 0.1) is 0 Å². The first-order valence-electron chi connectivity index (χ1n) is 6.22. The molecule has 0 amide bonds. The third kappa shape index (κ3) is 2.46. The first kappa shape index (κ1) is 13.2. The van der Waals surface area contributed by atoms with Crippen LogP contribution in [0.5, 0.6) is 0 Å². The fourth-order valence-corrected chi connectivity index (χ4v) is 2.31. The summed E-state index contributed by atoms with van der Waals surface area (Å²) in [6.07, 6.45) is 4.63. The fourth-order valence-electron chi connectivity index (χ4n) is 1.98. The lowest BCUT2D eigenvalue weighted by Crippen LogP contribution is -2.25. The maximum Gasteiger partial charge on any atom is 0.263 e. The molecule has 96 valence electrons. The van der Waals surface area contributed by atoms with E-state index in [1.165, 1.54) is 0 Å². The standard InChI is InChI=1S/C13H16BrN3O/c1-3-5-6-11-16-12-10(7-9(14)8-15-12)13(18)17(11)4-2/h7-8H,3-6H2,1-2H3. The van der Waals surface area contributed by atoms with E-state index in [1.807, 2.05) is 6.92 Å². The van der Waals surface area contributed by atoms with E-state index in [9.17, 15) is 4.79 Å². The highest BCUT2D eigenvalue weighted by Gasteiger charge is 2.10. The molecule has 5 heteroatoms. The van der Waals surface area contributed by atoms with E-state index in [4.69, 9.17) is 0 Å². The van der Waals surface area contributed by atoms with Crippen LogP contribution < -0.4 is 5.56 Å². The van der Waals surface area contributed by atoms with Gasteiger partial charge in [0.15, 0.2) is 5.65 Å². The van der Waals surface area contributed by atoms with Crippen molar-refractivity contribution in [1.29, 1.82) is 0 Å². The molecular formula is C13H16BrN3O. The Labute approximate surface area is 114 Å². The van der Waals surface area contributed by atoms with Crippen LogP contribution in [0.4, 0.5) is 0 Å². The van der Waals surface area contributed by atoms with Crippen molar-refractivity contribution in [2.45, 2.75) is 39.7 Å². The first-order chi connectivity index (χ1) is 8.67. The van der Waals surface area contributed by atoms with Crippen molar-refractivity contribution in [3.8, 4) is 0 Å². The summed E-state index contributed by atoms with van der Waals surface area (Å²) in [5.74, 6) is 0.840. The van der Waals surface area contributed by atoms with Crippen LogP contribution in [-0.2, 0) is 13.0 Å². The second-order valence-electron chi connectivity index (χ2n) is 4.21. The number of hydrogen-bond acceptors (Lipinski definition) is 3. The van der Waals surface area contributed by atoms with Crippen LogP contribution in [0.15, 0.2) is 21.5 Å². The molecule has 4 nitrogen and oxygen atoms in total. The van der Waals surface area contributed by atoms with Gasteiger partial charge in [-0.05, 0) is 35.3 Å². The lowest BCUT2D eigenvalue weighted by molar-refractivity contribution is 0.628. The number of nitrogens with zero attached hydrogens (tertiary/aromatic N) is 3. The van der Waals surface area contributed by atoms with E-state index in [1.54, 1.807) is 16.8 Å². The maximum atomic E-state index is 12.4. The molecule has 0 saturated carbocycles. The van der Waals surface area contributed by atoms with E-state index in [-0.39, 0.29) is 5.56 Å². The van der Waals surface area contributed by atoms with Crippen molar-refractivity contribution in [2.75, 3.05) is 0 Å². The number of aryl methyl sites for hydroxylation is 1. The van der Waals surface area contributed by atoms with Gasteiger partial charge in [0.25, 0.3) is 5.56 Å². The Balaban J connectivity index is 2.65. The van der Waals surface area contributed by atoms with Gasteiger partial charge in [0.05, 0.1) is 5.39 Å². The normalized spacial score (nSPS) is 11.1. The highest BCUT2D eigenvalue weighted by molar-refractivity contribution is 9.10. The van der Waals surface area contributed by atoms with Crippen molar-refractivity contribution in [3.63, 3.8) is 0 Å². The molecule has 0 saturated heterocycles. The van der Waals surface area contributed by atoms with Crippen LogP contribution in [0.3, 0.4) is 0 Å². The molecule has 0 aromatic carbocycles. The highest BCUT2D eigenvalue weighted by atomic mass is 79.9. The van der Waals surface area contributed by atoms with Crippen LogP contribution >= 0.6 is 15.9 Å². The molecule has 0 unspecified atom stereocenters. The number of rotatable bonds is 4. The number of aromatic nitrogens is 3. The fraction of sp³-hybridized carbons (Fsp3) is 0.462. The zero-order chi connectivity index (χ0) is 13.1. The van der Waals surface area contributed by atoms with E-state index < -0.39 is 0 Å². The van der Waals surface area contributed by atoms with E-state index in [0.717, 1.165) is 29.6 Å². The van der Waals surface area contributed by atoms with E-state index >= 15 is 0 Å². The number of unbranched alkanes of at least 4 members (excludes halogenated alkanes) is 1. The molecule has 0 fully saturated rings. The third-order valence-corrected chi connectivity index (χ3v) is 3.36. The molecule has 0 aliphatic heterocycles. The van der Waals surface area contributed by atoms with Crippen molar-refractivity contribution in [3.05, 3.63) is 32.9 Å². The van der Waals surface area contributed by atoms with Gasteiger partial charge >= 0.3 is 0 Å². The van der Waals surface area contributed by atoms with Crippen LogP contribution in [-0.4, -0.2) is 14.5 Å². The average molecular weight is 310 g/mol. The Morgan fingerprint density at radius 3 is 2.83 bits per heavy atom. The van der Waals surface area contributed by atoms with E-state index in [0.29, 0.717) is 17.6 Å². The summed E-state index contributed by atoms with van der Waals surface area (Å²) in [5.41, 5.74) is 0.543. The minimum Gasteiger partial charge on any atom is -0.296 e. The molecule has 2 heterocycles. The quantitative estimate of drug-likeness (QED) is 0.872. The predicted octanol–water partition coefficient (Wildman–Crippen LogP) is 2.92. The SMILES string of the molecule is CCCCc1nc2ncc(Br)cc2c(=O)n1CC. The minimum atomic E-state index is 0.00223. The molecule has 2 aromatic rings. The van der Waals surface area contributed by atoms with Gasteiger partial charge in [-0.1, -0.05) is 13.3 Å². The molecule has 0 N–H and O–H groups in total. The Morgan fingerprint density at radius 1 is 1.39 bits per heavy atom. The van der Waals surface area contributed by atoms with Gasteiger partial charge in [0.2, 0.25) is 0 Å². The zero-order valence-electron chi connectivity index (χ0n) is 10.6. The monoisotopic (exact) mass is 309 g/mol. The molecule has 0 radical (unpaired) electrons. The molecular weight excluding hydrogens is 294 g/mol. The third-order valence-electron chi connectivity index (χ3n) is 2.93. The summed E-state index contributed by atoms with van der Waals surface area (Å²) in [6, 6.07) is 1.79. The van der Waals surface area contributed by atoms with Gasteiger partial charge in [0.1, 0.15) is 5.82 Å². The van der Waals surface area contributed by atoms with Crippen LogP contribution in [0.25, 0.3) is 11.0 Å². The van der Waals surface area contributed by atoms with Gasteiger partial charge in [-0.2, -0.15) is 0 Å². The van der Waals surface area contributed by atoms with Crippen molar-refractivity contribution < 1.29 is 0 Å². The topological polar surface area (TPSA) is 47.8 Å². The van der Waals surface area contributed by atoms with Gasteiger partial charge in [-0.3, -0.25) is 9.36 Å². The second-order valence-corrected chi connectivity index (χ2v) is 5.12. The summed E-state index contributed by atoms with van der Waals surface area (Å²) in [6.45, 7) is 4.74. The Hall–Kier alpha value is -1.23. The summed E-state index contributed by atoms with van der Waals surface area (Å²) >= 11 is 3.34. The van der Waals surface area contributed by atoms with Crippen LogP contribution in [0.1, 0.15) is 32.5 Å². The predicted molar refractivity (Wildman–Crippen MR) is 75.8 cm³/mol. The molecule has 18 heavy (non-hydrogen) atoms. The Kier molecular flexibility index (Phi) is 4.11. The van der Waals surface area contributed by atoms with Gasteiger partial charge in [-0.15, -0.1) is 0 Å². The Bertz CT molecular complexity index is 621. The Morgan fingerprint density at radius 2 is 2.17 bits per heavy atom. The molecule has 0 atom stereocenters. The average Bonchev–Trinajstić information content (AvgIpc) is 2.37. The van der Waals surface area contributed by atoms with E-state index in [2.05, 4.69) is 32.8 Å². The largest absolute Gasteiger partial charge is 0.296 e. The second kappa shape index (κ2) is 5.61. The summed E-state index contributed by atoms with van der Waals surface area (Å²) in [5, 5.41) is 0.575.